The molecule has 1 unspecified atom stereocenters. The summed E-state index contributed by atoms with van der Waals surface area (Å²) in [6, 6.07) is 5.43. The van der Waals surface area contributed by atoms with Crippen molar-refractivity contribution in [1.29, 1.82) is 10.5 Å². The molecule has 23 heavy (non-hydrogen) atoms. The number of nitriles is 2. The molecule has 0 bridgehead atoms. The quantitative estimate of drug-likeness (QED) is 0.832. The molecule has 0 radical (unpaired) electrons. The molecule has 1 amide bonds. The summed E-state index contributed by atoms with van der Waals surface area (Å²) in [6.07, 6.45) is 2.09. The second kappa shape index (κ2) is 5.94. The molecule has 2 aliphatic rings. The molecule has 118 valence electrons. The number of hydrogen-bond donors (Lipinski definition) is 0. The largest absolute Gasteiger partial charge is 0.335 e. The summed E-state index contributed by atoms with van der Waals surface area (Å²) in [5, 5.41) is 18.0. The maximum absolute atomic E-state index is 14.0. The highest BCUT2D eigenvalue weighted by molar-refractivity contribution is 5.95. The Balaban J connectivity index is 1.82. The van der Waals surface area contributed by atoms with Gasteiger partial charge in [-0.2, -0.15) is 10.5 Å². The molecule has 5 nitrogen and oxygen atoms in total. The maximum atomic E-state index is 14.0. The molecule has 1 heterocycles. The van der Waals surface area contributed by atoms with Gasteiger partial charge in [-0.05, 0) is 25.0 Å². The third kappa shape index (κ3) is 2.88. The molecule has 1 aromatic carbocycles. The van der Waals surface area contributed by atoms with E-state index in [0.29, 0.717) is 19.1 Å². The van der Waals surface area contributed by atoms with E-state index in [9.17, 15) is 18.8 Å². The second-order valence-corrected chi connectivity index (χ2v) is 5.79. The first-order valence-corrected chi connectivity index (χ1v) is 7.39. The predicted octanol–water partition coefficient (Wildman–Crippen LogP) is 1.65. The Kier molecular flexibility index (Phi) is 3.97. The van der Waals surface area contributed by atoms with Crippen LogP contribution in [0.5, 0.6) is 0 Å². The normalized spacial score (nSPS) is 21.6. The first-order valence-electron chi connectivity index (χ1n) is 7.39. The zero-order chi connectivity index (χ0) is 16.6. The van der Waals surface area contributed by atoms with Crippen molar-refractivity contribution in [3.8, 4) is 12.1 Å². The third-order valence-corrected chi connectivity index (χ3v) is 4.26. The van der Waals surface area contributed by atoms with Gasteiger partial charge in [0.2, 0.25) is 0 Å². The molecule has 0 aromatic heterocycles. The minimum atomic E-state index is -1.05. The summed E-state index contributed by atoms with van der Waals surface area (Å²) in [5.74, 6) is -2.88. The van der Waals surface area contributed by atoms with Gasteiger partial charge in [0.1, 0.15) is 23.2 Å². The first-order chi connectivity index (χ1) is 11.0. The fourth-order valence-corrected chi connectivity index (χ4v) is 2.94. The van der Waals surface area contributed by atoms with Crippen LogP contribution in [0.15, 0.2) is 12.1 Å². The van der Waals surface area contributed by atoms with Crippen molar-refractivity contribution in [3.63, 3.8) is 0 Å². The lowest BCUT2D eigenvalue weighted by molar-refractivity contribution is 0.0541. The van der Waals surface area contributed by atoms with Crippen LogP contribution in [0.3, 0.4) is 0 Å². The van der Waals surface area contributed by atoms with Crippen LogP contribution in [0.4, 0.5) is 8.78 Å². The molecule has 7 heteroatoms. The van der Waals surface area contributed by atoms with E-state index in [4.69, 9.17) is 5.26 Å². The van der Waals surface area contributed by atoms with Crippen LogP contribution in [-0.2, 0) is 0 Å². The van der Waals surface area contributed by atoms with Crippen LogP contribution in [0.1, 0.15) is 28.8 Å². The topological polar surface area (TPSA) is 71.1 Å². The zero-order valence-electron chi connectivity index (χ0n) is 12.3. The molecular formula is C16H14F2N4O. The molecular weight excluding hydrogens is 302 g/mol. The molecule has 1 aliphatic heterocycles. The van der Waals surface area contributed by atoms with Gasteiger partial charge in [-0.1, -0.05) is 0 Å². The van der Waals surface area contributed by atoms with Crippen molar-refractivity contribution in [2.75, 3.05) is 19.6 Å². The zero-order valence-corrected chi connectivity index (χ0v) is 12.3. The Bertz CT molecular complexity index is 710. The van der Waals surface area contributed by atoms with E-state index in [1.165, 1.54) is 4.90 Å². The van der Waals surface area contributed by atoms with Crippen LogP contribution < -0.4 is 0 Å². The van der Waals surface area contributed by atoms with Gasteiger partial charge >= 0.3 is 0 Å². The van der Waals surface area contributed by atoms with Gasteiger partial charge in [-0.15, -0.1) is 0 Å². The SMILES string of the molecule is N#Cc1cc(F)c(C(=O)N2CCN(C3CC3)C(C#N)C2)c(F)c1. The summed E-state index contributed by atoms with van der Waals surface area (Å²) in [6.45, 7) is 0.977. The number of rotatable bonds is 2. The highest BCUT2D eigenvalue weighted by atomic mass is 19.1. The van der Waals surface area contributed by atoms with Crippen LogP contribution in [-0.4, -0.2) is 47.4 Å². The average Bonchev–Trinajstić information content (AvgIpc) is 3.38. The van der Waals surface area contributed by atoms with E-state index in [-0.39, 0.29) is 12.1 Å². The Hall–Kier alpha value is -2.51. The van der Waals surface area contributed by atoms with Crippen molar-refractivity contribution in [2.45, 2.75) is 24.9 Å². The molecule has 1 atom stereocenters. The van der Waals surface area contributed by atoms with Crippen LogP contribution in [0, 0.1) is 34.3 Å². The number of nitrogens with zero attached hydrogens (tertiary/aromatic N) is 4. The fourth-order valence-electron chi connectivity index (χ4n) is 2.94. The van der Waals surface area contributed by atoms with Crippen molar-refractivity contribution in [1.82, 2.24) is 9.80 Å². The van der Waals surface area contributed by atoms with E-state index in [1.54, 1.807) is 6.07 Å². The van der Waals surface area contributed by atoms with E-state index in [1.807, 2.05) is 0 Å². The lowest BCUT2D eigenvalue weighted by Gasteiger charge is -2.38. The summed E-state index contributed by atoms with van der Waals surface area (Å²) in [4.78, 5) is 15.8. The Morgan fingerprint density at radius 2 is 1.83 bits per heavy atom. The van der Waals surface area contributed by atoms with Gasteiger partial charge in [-0.3, -0.25) is 9.69 Å². The molecule has 1 aliphatic carbocycles. The summed E-state index contributed by atoms with van der Waals surface area (Å²) in [5.41, 5.74) is -0.842. The standard InChI is InChI=1S/C16H14F2N4O/c17-13-5-10(7-19)6-14(18)15(13)16(23)21-3-4-22(11-1-2-11)12(8-20)9-21/h5-6,11-12H,1-4,9H2. The number of carbonyl (C=O) groups excluding carboxylic acids is 1. The van der Waals surface area contributed by atoms with Crippen molar-refractivity contribution in [3.05, 3.63) is 34.9 Å². The van der Waals surface area contributed by atoms with Gasteiger partial charge in [0.25, 0.3) is 5.91 Å². The van der Waals surface area contributed by atoms with E-state index in [0.717, 1.165) is 25.0 Å². The van der Waals surface area contributed by atoms with Crippen molar-refractivity contribution >= 4 is 5.91 Å². The van der Waals surface area contributed by atoms with Crippen molar-refractivity contribution in [2.24, 2.45) is 0 Å². The van der Waals surface area contributed by atoms with Crippen LogP contribution >= 0.6 is 0 Å². The summed E-state index contributed by atoms with van der Waals surface area (Å²) >= 11 is 0. The molecule has 1 saturated carbocycles. The van der Waals surface area contributed by atoms with Gasteiger partial charge in [0, 0.05) is 25.7 Å². The molecule has 0 spiro atoms. The van der Waals surface area contributed by atoms with E-state index in [2.05, 4.69) is 11.0 Å². The van der Waals surface area contributed by atoms with E-state index < -0.39 is 29.1 Å². The van der Waals surface area contributed by atoms with Gasteiger partial charge in [-0.25, -0.2) is 8.78 Å². The highest BCUT2D eigenvalue weighted by Gasteiger charge is 2.39. The molecule has 1 saturated heterocycles. The van der Waals surface area contributed by atoms with Crippen LogP contribution in [0.25, 0.3) is 0 Å². The van der Waals surface area contributed by atoms with E-state index >= 15 is 0 Å². The molecule has 3 rings (SSSR count). The lowest BCUT2D eigenvalue weighted by Crippen LogP contribution is -2.55. The van der Waals surface area contributed by atoms with Crippen molar-refractivity contribution < 1.29 is 13.6 Å². The lowest BCUT2D eigenvalue weighted by atomic mass is 10.1. The van der Waals surface area contributed by atoms with Gasteiger partial charge in [0.05, 0.1) is 17.7 Å². The maximum Gasteiger partial charge on any atom is 0.259 e. The summed E-state index contributed by atoms with van der Waals surface area (Å²) < 4.78 is 28.0. The molecule has 1 aromatic rings. The smallest absolute Gasteiger partial charge is 0.259 e. The predicted molar refractivity (Wildman–Crippen MR) is 76.1 cm³/mol. The van der Waals surface area contributed by atoms with Crippen LogP contribution in [0.2, 0.25) is 0 Å². The Morgan fingerprint density at radius 1 is 1.17 bits per heavy atom. The third-order valence-electron chi connectivity index (χ3n) is 4.26. The number of amides is 1. The highest BCUT2D eigenvalue weighted by Crippen LogP contribution is 2.30. The minimum Gasteiger partial charge on any atom is -0.335 e. The number of carbonyl (C=O) groups is 1. The number of halogens is 2. The van der Waals surface area contributed by atoms with Gasteiger partial charge in [0.15, 0.2) is 0 Å². The fraction of sp³-hybridized carbons (Fsp3) is 0.438. The number of benzene rings is 1. The number of hydrogen-bond acceptors (Lipinski definition) is 4. The molecule has 0 N–H and O–H groups in total. The first kappa shape index (κ1) is 15.4. The molecule has 2 fully saturated rings. The second-order valence-electron chi connectivity index (χ2n) is 5.79. The monoisotopic (exact) mass is 316 g/mol. The van der Waals surface area contributed by atoms with Gasteiger partial charge < -0.3 is 4.90 Å². The minimum absolute atomic E-state index is 0.130. The Labute approximate surface area is 132 Å². The number of piperazine rings is 1. The average molecular weight is 316 g/mol. The summed E-state index contributed by atoms with van der Waals surface area (Å²) in [7, 11) is 0. The Morgan fingerprint density at radius 3 is 2.35 bits per heavy atom.